The Morgan fingerprint density at radius 3 is 2.29 bits per heavy atom. The van der Waals surface area contributed by atoms with Gasteiger partial charge in [-0.3, -0.25) is 0 Å². The van der Waals surface area contributed by atoms with Gasteiger partial charge in [0.15, 0.2) is 0 Å². The molecule has 0 aromatic rings. The molecular weight excluding hydrogens is 183 g/mol. The molecule has 0 unspecified atom stereocenters. The molecule has 1 fully saturated rings. The van der Waals surface area contributed by atoms with Gasteiger partial charge in [-0.25, -0.2) is 0 Å². The van der Waals surface area contributed by atoms with Gasteiger partial charge in [0.25, 0.3) is 14.1 Å². The van der Waals surface area contributed by atoms with Gasteiger partial charge in [0.1, 0.15) is 0 Å². The molecule has 0 saturated heterocycles. The quantitative estimate of drug-likeness (QED) is 0.575. The molecule has 82 valence electrons. The van der Waals surface area contributed by atoms with Crippen molar-refractivity contribution in [3.8, 4) is 0 Å². The first-order chi connectivity index (χ1) is 6.72. The first-order valence-corrected chi connectivity index (χ1v) is 9.17. The number of hydrogen-bond donors (Lipinski definition) is 0. The fourth-order valence-corrected chi connectivity index (χ4v) is 6.60. The lowest BCUT2D eigenvalue weighted by Crippen LogP contribution is -2.19. The molecule has 0 aliphatic heterocycles. The van der Waals surface area contributed by atoms with Gasteiger partial charge in [-0.1, -0.05) is 80.6 Å². The largest absolute Gasteiger partial charge is 0.262 e. The van der Waals surface area contributed by atoms with Crippen LogP contribution in [-0.2, 0) is 0 Å². The molecule has 1 aliphatic rings. The summed E-state index contributed by atoms with van der Waals surface area (Å²) in [7, 11) is 0. The van der Waals surface area contributed by atoms with Crippen molar-refractivity contribution in [2.45, 2.75) is 68.7 Å². The fourth-order valence-electron chi connectivity index (χ4n) is 2.99. The second kappa shape index (κ2) is 6.91. The summed E-state index contributed by atoms with van der Waals surface area (Å²) in [6, 6.07) is 0. The lowest BCUT2D eigenvalue weighted by atomic mass is 9.91. The summed E-state index contributed by atoms with van der Waals surface area (Å²) in [6.07, 6.45) is 7.68. The van der Waals surface area contributed by atoms with Gasteiger partial charge in [-0.2, -0.15) is 0 Å². The van der Waals surface area contributed by atoms with E-state index < -0.39 is 0 Å². The van der Waals surface area contributed by atoms with Crippen molar-refractivity contribution in [1.29, 1.82) is 0 Å². The number of rotatable bonds is 5. The second-order valence-electron chi connectivity index (χ2n) is 5.64. The summed E-state index contributed by atoms with van der Waals surface area (Å²) >= 11 is -0.344. The summed E-state index contributed by atoms with van der Waals surface area (Å²) in [4.78, 5) is 0. The minimum atomic E-state index is -0.344. The Kier molecular flexibility index (Phi) is 6.22. The van der Waals surface area contributed by atoms with E-state index in [1.165, 1.54) is 24.5 Å². The van der Waals surface area contributed by atoms with Crippen LogP contribution in [0.1, 0.15) is 52.9 Å². The molecule has 1 saturated carbocycles. The molecular formula is C13H27Al. The standard InChI is InChI=1S/C7H13.C4H9.C2H5.Al/c1-7-5-3-2-4-6-7;1-4(2)3;1-2;/h7H,1-6H2;4H,1H2,2-3H3;1H2,2H3;. The maximum absolute atomic E-state index is 2.43. The Morgan fingerprint density at radius 1 is 1.14 bits per heavy atom. The first kappa shape index (κ1) is 12.6. The Morgan fingerprint density at radius 2 is 1.79 bits per heavy atom. The van der Waals surface area contributed by atoms with Crippen LogP contribution in [0, 0.1) is 11.8 Å². The zero-order valence-electron chi connectivity index (χ0n) is 10.4. The molecule has 0 atom stereocenters. The van der Waals surface area contributed by atoms with Gasteiger partial charge in [-0.15, -0.1) is 0 Å². The maximum atomic E-state index is 2.43. The van der Waals surface area contributed by atoms with E-state index in [0.29, 0.717) is 0 Å². The van der Waals surface area contributed by atoms with Crippen LogP contribution in [0.2, 0.25) is 15.8 Å². The highest BCUT2D eigenvalue weighted by Gasteiger charge is 2.22. The Labute approximate surface area is 94.9 Å². The lowest BCUT2D eigenvalue weighted by Gasteiger charge is -2.24. The SMILES string of the molecule is C[CH2][Al]([CH2]C(C)C)[CH2]C1CCCCC1. The summed E-state index contributed by atoms with van der Waals surface area (Å²) in [5.41, 5.74) is 0. The van der Waals surface area contributed by atoms with E-state index in [-0.39, 0.29) is 14.1 Å². The van der Waals surface area contributed by atoms with E-state index >= 15 is 0 Å². The summed E-state index contributed by atoms with van der Waals surface area (Å²) < 4.78 is 0. The molecule has 14 heavy (non-hydrogen) atoms. The summed E-state index contributed by atoms with van der Waals surface area (Å²) in [5, 5.41) is 4.79. The van der Waals surface area contributed by atoms with Crippen LogP contribution >= 0.6 is 0 Å². The molecule has 0 aromatic carbocycles. The molecule has 0 radical (unpaired) electrons. The van der Waals surface area contributed by atoms with Crippen LogP contribution in [0.5, 0.6) is 0 Å². The zero-order valence-corrected chi connectivity index (χ0v) is 11.5. The molecule has 0 aromatic heterocycles. The molecule has 1 heteroatoms. The van der Waals surface area contributed by atoms with Gasteiger partial charge in [-0.05, 0) is 0 Å². The molecule has 0 N–H and O–H groups in total. The normalized spacial score (nSPS) is 18.9. The Balaban J connectivity index is 2.23. The highest BCUT2D eigenvalue weighted by molar-refractivity contribution is 6.58. The van der Waals surface area contributed by atoms with Crippen LogP contribution in [0.4, 0.5) is 0 Å². The van der Waals surface area contributed by atoms with Gasteiger partial charge in [0.2, 0.25) is 0 Å². The molecule has 0 heterocycles. The van der Waals surface area contributed by atoms with Gasteiger partial charge >= 0.3 is 0 Å². The average molecular weight is 210 g/mol. The lowest BCUT2D eigenvalue weighted by molar-refractivity contribution is 0.382. The van der Waals surface area contributed by atoms with Crippen molar-refractivity contribution in [3.05, 3.63) is 0 Å². The molecule has 1 rings (SSSR count). The Bertz CT molecular complexity index is 136. The van der Waals surface area contributed by atoms with Gasteiger partial charge < -0.3 is 0 Å². The third-order valence-electron chi connectivity index (χ3n) is 3.77. The van der Waals surface area contributed by atoms with E-state index in [1.54, 1.807) is 23.4 Å². The van der Waals surface area contributed by atoms with E-state index in [9.17, 15) is 0 Å². The smallest absolute Gasteiger partial charge is 0.0967 e. The van der Waals surface area contributed by atoms with Crippen LogP contribution in [0.25, 0.3) is 0 Å². The molecule has 0 amide bonds. The van der Waals surface area contributed by atoms with Crippen molar-refractivity contribution in [3.63, 3.8) is 0 Å². The van der Waals surface area contributed by atoms with E-state index in [0.717, 1.165) is 11.8 Å². The monoisotopic (exact) mass is 210 g/mol. The third-order valence-corrected chi connectivity index (χ3v) is 7.87. The molecule has 1 aliphatic carbocycles. The Hall–Kier alpha value is 0.532. The average Bonchev–Trinajstić information content (AvgIpc) is 2.17. The highest BCUT2D eigenvalue weighted by Crippen LogP contribution is 2.30. The van der Waals surface area contributed by atoms with Gasteiger partial charge in [0.05, 0.1) is 0 Å². The van der Waals surface area contributed by atoms with Crippen LogP contribution < -0.4 is 0 Å². The minimum Gasteiger partial charge on any atom is -0.0967 e. The van der Waals surface area contributed by atoms with Crippen molar-refractivity contribution in [1.82, 2.24) is 0 Å². The van der Waals surface area contributed by atoms with E-state index in [2.05, 4.69) is 20.8 Å². The summed E-state index contributed by atoms with van der Waals surface area (Å²) in [6.45, 7) is 7.23. The van der Waals surface area contributed by atoms with Crippen molar-refractivity contribution in [2.75, 3.05) is 0 Å². The first-order valence-electron chi connectivity index (χ1n) is 6.72. The maximum Gasteiger partial charge on any atom is 0.262 e. The molecule has 0 spiro atoms. The zero-order chi connectivity index (χ0) is 10.4. The topological polar surface area (TPSA) is 0 Å². The highest BCUT2D eigenvalue weighted by atomic mass is 27.2. The molecule has 0 nitrogen and oxygen atoms in total. The van der Waals surface area contributed by atoms with Crippen molar-refractivity contribution >= 4 is 14.1 Å². The van der Waals surface area contributed by atoms with Crippen molar-refractivity contribution in [2.24, 2.45) is 11.8 Å². The van der Waals surface area contributed by atoms with Crippen LogP contribution in [0.15, 0.2) is 0 Å². The third kappa shape index (κ3) is 4.85. The van der Waals surface area contributed by atoms with E-state index in [4.69, 9.17) is 0 Å². The van der Waals surface area contributed by atoms with E-state index in [1.807, 2.05) is 0 Å². The predicted molar refractivity (Wildman–Crippen MR) is 67.3 cm³/mol. The minimum absolute atomic E-state index is 0.344. The summed E-state index contributed by atoms with van der Waals surface area (Å²) in [5.74, 6) is 2.09. The second-order valence-corrected chi connectivity index (χ2v) is 9.13. The van der Waals surface area contributed by atoms with Crippen LogP contribution in [-0.4, -0.2) is 14.1 Å². The van der Waals surface area contributed by atoms with Crippen molar-refractivity contribution < 1.29 is 0 Å². The molecule has 0 bridgehead atoms. The predicted octanol–water partition coefficient (Wildman–Crippen LogP) is 4.74. The van der Waals surface area contributed by atoms with Gasteiger partial charge in [0, 0.05) is 0 Å². The van der Waals surface area contributed by atoms with Crippen LogP contribution in [0.3, 0.4) is 0 Å². The number of hydrogen-bond acceptors (Lipinski definition) is 0. The fraction of sp³-hybridized carbons (Fsp3) is 1.00.